The molecule has 0 saturated heterocycles. The second-order valence-corrected chi connectivity index (χ2v) is 4.62. The third-order valence-corrected chi connectivity index (χ3v) is 3.73. The molecule has 4 heteroatoms. The van der Waals surface area contributed by atoms with Crippen molar-refractivity contribution in [1.29, 1.82) is 0 Å². The first-order chi connectivity index (χ1) is 11.5. The predicted molar refractivity (Wildman–Crippen MR) is 89.0 cm³/mol. The summed E-state index contributed by atoms with van der Waals surface area (Å²) in [6.45, 7) is 24.5. The van der Waals surface area contributed by atoms with Crippen LogP contribution in [0.15, 0.2) is 30.3 Å². The summed E-state index contributed by atoms with van der Waals surface area (Å²) in [5.74, 6) is 9.61. The minimum atomic E-state index is 0. The molecule has 0 aromatic heterocycles. The molecular weight excluding hydrogens is 484 g/mol. The van der Waals surface area contributed by atoms with E-state index in [0.717, 1.165) is 5.56 Å². The normalized spacial score (nSPS) is 14.2. The number of benzene rings is 1. The zero-order valence-electron chi connectivity index (χ0n) is 15.0. The first-order valence-electron chi connectivity index (χ1n) is 6.77. The fourth-order valence-corrected chi connectivity index (χ4v) is 1.93. The Morgan fingerprint density at radius 3 is 1.00 bits per heavy atom. The summed E-state index contributed by atoms with van der Waals surface area (Å²) in [7, 11) is 0. The number of rotatable bonds is 0. The second-order valence-electron chi connectivity index (χ2n) is 4.62. The molecule has 1 aliphatic rings. The molecule has 1 fully saturated rings. The van der Waals surface area contributed by atoms with Crippen LogP contribution in [0.1, 0.15) is 40.2 Å². The van der Waals surface area contributed by atoms with E-state index in [1.807, 2.05) is 30.3 Å². The van der Waals surface area contributed by atoms with Gasteiger partial charge in [0.2, 0.25) is 0 Å². The van der Waals surface area contributed by atoms with Crippen molar-refractivity contribution in [3.8, 4) is 5.92 Å². The molecule has 0 spiro atoms. The van der Waals surface area contributed by atoms with Crippen molar-refractivity contribution >= 4 is 0 Å². The third kappa shape index (κ3) is 11.8. The fourth-order valence-electron chi connectivity index (χ4n) is 1.93. The summed E-state index contributed by atoms with van der Waals surface area (Å²) in [4.78, 5) is 0. The molecule has 3 nitrogen and oxygen atoms in total. The van der Waals surface area contributed by atoms with Crippen molar-refractivity contribution in [3.63, 3.8) is 0 Å². The van der Waals surface area contributed by atoms with Crippen LogP contribution in [-0.2, 0) is 35.0 Å². The van der Waals surface area contributed by atoms with Gasteiger partial charge in [-0.1, -0.05) is 52.8 Å². The van der Waals surface area contributed by atoms with Crippen LogP contribution in [0.2, 0.25) is 0 Å². The predicted octanol–water partition coefficient (Wildman–Crippen LogP) is 4.48. The van der Waals surface area contributed by atoms with E-state index in [0.29, 0.717) is 0 Å². The first kappa shape index (κ1) is 31.5. The van der Waals surface area contributed by atoms with Crippen molar-refractivity contribution < 1.29 is 35.0 Å². The fraction of sp³-hybridized carbons (Fsp3) is 0.238. The maximum absolute atomic E-state index is 7.50. The molecule has 0 N–H and O–H groups in total. The van der Waals surface area contributed by atoms with Crippen molar-refractivity contribution in [1.82, 2.24) is 0 Å². The van der Waals surface area contributed by atoms with Gasteiger partial charge in [0.25, 0.3) is 0 Å². The Hall–Kier alpha value is -1.31. The molecule has 25 heavy (non-hydrogen) atoms. The van der Waals surface area contributed by atoms with E-state index in [1.54, 1.807) is 0 Å². The van der Waals surface area contributed by atoms with Crippen LogP contribution in [0, 0.1) is 61.9 Å². The van der Waals surface area contributed by atoms with Gasteiger partial charge in [-0.05, 0) is 29.6 Å². The molecule has 0 atom stereocenters. The third-order valence-electron chi connectivity index (χ3n) is 3.73. The number of hydrogen-bond acceptors (Lipinski definition) is 0. The van der Waals surface area contributed by atoms with Gasteiger partial charge < -0.3 is 6.42 Å². The first-order valence-corrected chi connectivity index (χ1v) is 6.77. The summed E-state index contributed by atoms with van der Waals surface area (Å²) in [6.07, 6.45) is 6.69. The summed E-state index contributed by atoms with van der Waals surface area (Å²) in [5, 5.41) is 0. The van der Waals surface area contributed by atoms with Gasteiger partial charge in [-0.3, -0.25) is 5.92 Å². The van der Waals surface area contributed by atoms with E-state index in [2.05, 4.69) is 60.5 Å². The van der Waals surface area contributed by atoms with Gasteiger partial charge in [0, 0.05) is 0 Å². The van der Waals surface area contributed by atoms with Crippen LogP contribution in [0.4, 0.5) is 0 Å². The Labute approximate surface area is 167 Å². The van der Waals surface area contributed by atoms with E-state index in [4.69, 9.17) is 20.4 Å². The molecule has 0 bridgehead atoms. The van der Waals surface area contributed by atoms with Gasteiger partial charge in [-0.25, -0.2) is 0 Å². The van der Waals surface area contributed by atoms with E-state index >= 15 is 0 Å². The Morgan fingerprint density at radius 1 is 0.600 bits per heavy atom. The molecule has 2 rings (SSSR count). The molecule has 0 amide bonds. The SMILES string of the molecule is C[C]1[C](C)[C](C)[C](C)[C]1C.[C-]#Cc1ccccc1.[C-]#[O+].[C-]#[O+].[C-]#[O+].[W+2]. The van der Waals surface area contributed by atoms with Crippen LogP contribution in [0.5, 0.6) is 0 Å². The van der Waals surface area contributed by atoms with Crippen molar-refractivity contribution in [3.05, 3.63) is 91.9 Å². The van der Waals surface area contributed by atoms with Crippen molar-refractivity contribution in [2.75, 3.05) is 0 Å². The molecule has 0 unspecified atom stereocenters. The maximum Gasteiger partial charge on any atom is 2.00 e. The van der Waals surface area contributed by atoms with Gasteiger partial charge >= 0.3 is 55.0 Å². The van der Waals surface area contributed by atoms with Crippen LogP contribution in [0.3, 0.4) is 0 Å². The molecule has 5 radical (unpaired) electrons. The quantitative estimate of drug-likeness (QED) is 0.284. The molecule has 1 saturated carbocycles. The van der Waals surface area contributed by atoms with Crippen LogP contribution >= 0.6 is 0 Å². The maximum atomic E-state index is 7.50. The van der Waals surface area contributed by atoms with Gasteiger partial charge in [-0.15, -0.1) is 17.7 Å². The van der Waals surface area contributed by atoms with Gasteiger partial charge in [0.05, 0.1) is 0 Å². The Balaban J connectivity index is -0.000000133. The molecule has 1 aliphatic carbocycles. The topological polar surface area (TPSA) is 59.7 Å². The number of hydrogen-bond donors (Lipinski definition) is 0. The summed E-state index contributed by atoms with van der Waals surface area (Å²) < 4.78 is 22.5. The van der Waals surface area contributed by atoms with E-state index in [9.17, 15) is 0 Å². The van der Waals surface area contributed by atoms with E-state index in [-0.39, 0.29) is 21.1 Å². The van der Waals surface area contributed by atoms with Gasteiger partial charge in [-0.2, -0.15) is 0 Å². The van der Waals surface area contributed by atoms with Crippen molar-refractivity contribution in [2.45, 2.75) is 34.6 Å². The van der Waals surface area contributed by atoms with Gasteiger partial charge in [0.15, 0.2) is 0 Å². The molecular formula is C21H20O3W+. The minimum Gasteiger partial charge on any atom is 2.00 e. The Bertz CT molecular complexity index is 454. The summed E-state index contributed by atoms with van der Waals surface area (Å²) in [6, 6.07) is 9.37. The van der Waals surface area contributed by atoms with E-state index < -0.39 is 0 Å². The van der Waals surface area contributed by atoms with E-state index in [1.165, 1.54) is 29.6 Å². The Kier molecular flexibility index (Phi) is 26.1. The Morgan fingerprint density at radius 2 is 0.840 bits per heavy atom. The minimum absolute atomic E-state index is 0. The molecule has 127 valence electrons. The average molecular weight is 504 g/mol. The van der Waals surface area contributed by atoms with Crippen LogP contribution in [0.25, 0.3) is 0 Å². The van der Waals surface area contributed by atoms with Crippen molar-refractivity contribution in [2.24, 2.45) is 0 Å². The largest absolute Gasteiger partial charge is 2.00 e. The monoisotopic (exact) mass is 504 g/mol. The van der Waals surface area contributed by atoms with Crippen LogP contribution in [-0.4, -0.2) is 0 Å². The second kappa shape index (κ2) is 20.7. The molecule has 0 heterocycles. The van der Waals surface area contributed by atoms with Crippen LogP contribution < -0.4 is 0 Å². The zero-order valence-corrected chi connectivity index (χ0v) is 18.0. The zero-order chi connectivity index (χ0) is 19.7. The average Bonchev–Trinajstić information content (AvgIpc) is 2.85. The standard InChI is InChI=1S/C10H15.C8H5.3CO.W/c1-6-7(2)9(4)10(5)8(6)3;1-2-8-6-4-3-5-7-8;3*1-2;/h1-5H3;3-7H;;;;/q;-1;;;;+2. The smallest absolute Gasteiger partial charge is 2.00 e. The summed E-state index contributed by atoms with van der Waals surface area (Å²) >= 11 is 0. The molecule has 1 aromatic rings. The summed E-state index contributed by atoms with van der Waals surface area (Å²) in [5.41, 5.74) is 0.826. The van der Waals surface area contributed by atoms with Gasteiger partial charge in [0.1, 0.15) is 0 Å². The molecule has 0 aliphatic heterocycles. The molecule has 1 aromatic carbocycles.